The van der Waals surface area contributed by atoms with Crippen LogP contribution in [-0.2, 0) is 25.3 Å². The van der Waals surface area contributed by atoms with Crippen LogP contribution in [0, 0.1) is 0 Å². The lowest BCUT2D eigenvalue weighted by molar-refractivity contribution is -0.112. The fraction of sp³-hybridized carbons (Fsp3) is 0.618. The highest BCUT2D eigenvalue weighted by molar-refractivity contribution is 6.74. The van der Waals surface area contributed by atoms with Crippen molar-refractivity contribution in [3.8, 4) is 17.2 Å². The van der Waals surface area contributed by atoms with E-state index in [1.54, 1.807) is 20.1 Å². The third kappa shape index (κ3) is 11.1. The van der Waals surface area contributed by atoms with E-state index in [-0.39, 0.29) is 35.9 Å². The van der Waals surface area contributed by atoms with Crippen molar-refractivity contribution in [3.63, 3.8) is 0 Å². The lowest BCUT2D eigenvalue weighted by atomic mass is 10.1. The second-order valence-electron chi connectivity index (χ2n) is 13.0. The molecule has 0 fully saturated rings. The van der Waals surface area contributed by atoms with E-state index < -0.39 is 8.32 Å². The van der Waals surface area contributed by atoms with Crippen LogP contribution in [0.2, 0.25) is 18.1 Å². The minimum absolute atomic E-state index is 0.0781. The molecule has 1 aromatic rings. The van der Waals surface area contributed by atoms with Crippen LogP contribution in [0.3, 0.4) is 0 Å². The molecule has 1 heterocycles. The maximum atomic E-state index is 13.4. The topological polar surface area (TPSA) is 84.5 Å². The van der Waals surface area contributed by atoms with Gasteiger partial charge >= 0.3 is 0 Å². The minimum Gasteiger partial charge on any atom is -0.492 e. The number of ether oxygens (including phenoxy) is 5. The standard InChI is InChI=1S/C34H55NO7Si/c1-23(2)40-30-21-28-31(41-24(3)4)27(32(30)37-10)22-39-20-19-38-18-17-25(5)29(42-43(11,12)34(7,8)9)16-14-13-15-26(6)33(36)35-28/h13-15,17,21,23-24,29H,16,18-20,22H2,1-12H3,(H,35,36)/b14-13+,25-17+,26-15-/t29-/m1/s1. The van der Waals surface area contributed by atoms with Gasteiger partial charge in [-0.25, -0.2) is 0 Å². The number of benzene rings is 1. The van der Waals surface area contributed by atoms with E-state index in [2.05, 4.69) is 58.3 Å². The largest absolute Gasteiger partial charge is 0.492 e. The summed E-state index contributed by atoms with van der Waals surface area (Å²) in [6.45, 7) is 24.3. The maximum Gasteiger partial charge on any atom is 0.251 e. The Kier molecular flexibility index (Phi) is 14.0. The molecule has 242 valence electrons. The molecule has 43 heavy (non-hydrogen) atoms. The van der Waals surface area contributed by atoms with Crippen LogP contribution < -0.4 is 19.5 Å². The minimum atomic E-state index is -2.02. The van der Waals surface area contributed by atoms with E-state index >= 15 is 0 Å². The molecule has 1 N–H and O–H groups in total. The van der Waals surface area contributed by atoms with E-state index in [0.29, 0.717) is 60.3 Å². The van der Waals surface area contributed by atoms with Crippen LogP contribution in [0.5, 0.6) is 17.2 Å². The van der Waals surface area contributed by atoms with Gasteiger partial charge in [0.1, 0.15) is 0 Å². The number of methoxy groups -OCH3 is 1. The van der Waals surface area contributed by atoms with Gasteiger partial charge in [-0.3, -0.25) is 4.79 Å². The Balaban J connectivity index is 2.52. The predicted molar refractivity (Wildman–Crippen MR) is 177 cm³/mol. The summed E-state index contributed by atoms with van der Waals surface area (Å²) in [7, 11) is -0.431. The zero-order valence-corrected chi connectivity index (χ0v) is 29.5. The SMILES string of the molecule is COc1c(OC(C)C)cc2c(OC(C)C)c1COCCOC/C=C(\C)[C@H](O[Si](C)(C)C(C)(C)C)C/C=C/C=C(/C)C(=O)N2. The van der Waals surface area contributed by atoms with Gasteiger partial charge in [0.2, 0.25) is 0 Å². The number of nitrogens with one attached hydrogen (secondary N) is 1. The molecule has 1 aliphatic heterocycles. The molecule has 0 aliphatic carbocycles. The molecule has 1 amide bonds. The summed E-state index contributed by atoms with van der Waals surface area (Å²) in [5, 5.41) is 3.12. The molecular weight excluding hydrogens is 562 g/mol. The molecule has 9 heteroatoms. The first-order valence-corrected chi connectivity index (χ1v) is 18.2. The maximum absolute atomic E-state index is 13.4. The van der Waals surface area contributed by atoms with Crippen LogP contribution in [-0.4, -0.2) is 59.5 Å². The third-order valence-corrected chi connectivity index (χ3v) is 12.0. The van der Waals surface area contributed by atoms with E-state index in [9.17, 15) is 4.79 Å². The van der Waals surface area contributed by atoms with Gasteiger partial charge in [0.05, 0.1) is 63.1 Å². The number of carbonyl (C=O) groups is 1. The summed E-state index contributed by atoms with van der Waals surface area (Å²) in [6.07, 6.45) is 8.22. The summed E-state index contributed by atoms with van der Waals surface area (Å²) >= 11 is 0. The van der Waals surface area contributed by atoms with Crippen molar-refractivity contribution in [1.29, 1.82) is 0 Å². The Morgan fingerprint density at radius 3 is 2.26 bits per heavy atom. The van der Waals surface area contributed by atoms with Crippen LogP contribution >= 0.6 is 0 Å². The lowest BCUT2D eigenvalue weighted by Gasteiger charge is -2.39. The van der Waals surface area contributed by atoms with Crippen LogP contribution in [0.1, 0.15) is 74.3 Å². The quantitative estimate of drug-likeness (QED) is 0.245. The molecule has 0 aromatic heterocycles. The van der Waals surface area contributed by atoms with Crippen molar-refractivity contribution in [2.24, 2.45) is 0 Å². The van der Waals surface area contributed by atoms with Gasteiger partial charge in [0, 0.05) is 11.6 Å². The van der Waals surface area contributed by atoms with E-state index in [0.717, 1.165) is 5.57 Å². The smallest absolute Gasteiger partial charge is 0.251 e. The summed E-state index contributed by atoms with van der Waals surface area (Å²) in [5.41, 5.74) is 2.82. The molecular formula is C34H55NO7Si. The van der Waals surface area contributed by atoms with Crippen molar-refractivity contribution in [3.05, 3.63) is 47.1 Å². The van der Waals surface area contributed by atoms with Crippen molar-refractivity contribution in [1.82, 2.24) is 0 Å². The van der Waals surface area contributed by atoms with Crippen molar-refractivity contribution in [2.75, 3.05) is 32.2 Å². The number of amides is 1. The predicted octanol–water partition coefficient (Wildman–Crippen LogP) is 7.98. The highest BCUT2D eigenvalue weighted by Crippen LogP contribution is 2.45. The van der Waals surface area contributed by atoms with Gasteiger partial charge in [0.15, 0.2) is 25.6 Å². The van der Waals surface area contributed by atoms with Crippen LogP contribution in [0.15, 0.2) is 41.5 Å². The fourth-order valence-electron chi connectivity index (χ4n) is 4.10. The molecule has 0 spiro atoms. The van der Waals surface area contributed by atoms with Crippen LogP contribution in [0.25, 0.3) is 0 Å². The summed E-state index contributed by atoms with van der Waals surface area (Å²) in [6, 6.07) is 1.75. The number of hydrogen-bond acceptors (Lipinski definition) is 7. The van der Waals surface area contributed by atoms with Crippen molar-refractivity contribution >= 4 is 19.9 Å². The van der Waals surface area contributed by atoms with Gasteiger partial charge in [-0.05, 0) is 71.7 Å². The molecule has 0 saturated carbocycles. The normalized spacial score (nSPS) is 21.4. The molecule has 1 atom stereocenters. The summed E-state index contributed by atoms with van der Waals surface area (Å²) < 4.78 is 36.9. The molecule has 1 aromatic carbocycles. The second-order valence-corrected chi connectivity index (χ2v) is 17.8. The molecule has 2 rings (SSSR count). The van der Waals surface area contributed by atoms with E-state index in [1.165, 1.54) is 0 Å². The lowest BCUT2D eigenvalue weighted by Crippen LogP contribution is -2.44. The van der Waals surface area contributed by atoms with Crippen molar-refractivity contribution < 1.29 is 32.9 Å². The molecule has 1 aliphatic rings. The van der Waals surface area contributed by atoms with Gasteiger partial charge in [-0.15, -0.1) is 0 Å². The van der Waals surface area contributed by atoms with Crippen LogP contribution in [0.4, 0.5) is 5.69 Å². The fourth-order valence-corrected chi connectivity index (χ4v) is 5.45. The third-order valence-electron chi connectivity index (χ3n) is 7.54. The molecule has 8 nitrogen and oxygen atoms in total. The van der Waals surface area contributed by atoms with Gasteiger partial charge in [0.25, 0.3) is 5.91 Å². The second kappa shape index (κ2) is 16.5. The number of allylic oxidation sites excluding steroid dienone is 2. The Morgan fingerprint density at radius 2 is 1.65 bits per heavy atom. The van der Waals surface area contributed by atoms with Gasteiger partial charge in [-0.1, -0.05) is 45.1 Å². The average molecular weight is 618 g/mol. The number of anilines is 1. The Bertz CT molecular complexity index is 1160. The molecule has 0 unspecified atom stereocenters. The molecule has 2 bridgehead atoms. The zero-order chi connectivity index (χ0) is 32.4. The highest BCUT2D eigenvalue weighted by Gasteiger charge is 2.39. The molecule has 0 radical (unpaired) electrons. The first-order valence-electron chi connectivity index (χ1n) is 15.3. The summed E-state index contributed by atoms with van der Waals surface area (Å²) in [4.78, 5) is 13.4. The van der Waals surface area contributed by atoms with E-state index in [1.807, 2.05) is 39.8 Å². The number of fused-ring (bicyclic) bond motifs is 2. The van der Waals surface area contributed by atoms with Gasteiger partial charge in [-0.2, -0.15) is 0 Å². The average Bonchev–Trinajstić information content (AvgIpc) is 2.89. The monoisotopic (exact) mass is 617 g/mol. The van der Waals surface area contributed by atoms with E-state index in [4.69, 9.17) is 28.1 Å². The first-order chi connectivity index (χ1) is 20.1. The zero-order valence-electron chi connectivity index (χ0n) is 28.5. The number of rotatable bonds is 7. The Morgan fingerprint density at radius 1 is 1.00 bits per heavy atom. The number of hydrogen-bond donors (Lipinski definition) is 1. The molecule has 0 saturated heterocycles. The highest BCUT2D eigenvalue weighted by atomic mass is 28.4. The van der Waals surface area contributed by atoms with Gasteiger partial charge < -0.3 is 33.4 Å². The Labute approximate surface area is 260 Å². The van der Waals surface area contributed by atoms with Crippen molar-refractivity contribution in [2.45, 2.75) is 112 Å². The first kappa shape index (κ1) is 36.6. The number of carbonyl (C=O) groups excluding carboxylic acids is 1. The summed E-state index contributed by atoms with van der Waals surface area (Å²) in [5.74, 6) is 1.25. The Hall–Kier alpha value is -2.59.